The molecule has 10 heteroatoms. The zero-order valence-electron chi connectivity index (χ0n) is 12.1. The summed E-state index contributed by atoms with van der Waals surface area (Å²) in [7, 11) is 0. The van der Waals surface area contributed by atoms with Gasteiger partial charge >= 0.3 is 12.3 Å². The summed E-state index contributed by atoms with van der Waals surface area (Å²) in [6.07, 6.45) is -7.12. The highest BCUT2D eigenvalue weighted by Crippen LogP contribution is 2.31. The van der Waals surface area contributed by atoms with E-state index in [1.165, 1.54) is 24.3 Å². The van der Waals surface area contributed by atoms with Crippen molar-refractivity contribution in [3.05, 3.63) is 35.5 Å². The molecule has 1 aromatic heterocycles. The van der Waals surface area contributed by atoms with Crippen LogP contribution in [0.2, 0.25) is 5.02 Å². The summed E-state index contributed by atoms with van der Waals surface area (Å²) in [5.74, 6) is -0.530. The van der Waals surface area contributed by atoms with Gasteiger partial charge in [0.15, 0.2) is 11.9 Å². The lowest BCUT2D eigenvalue weighted by atomic mass is 10.1. The first-order valence-electron chi connectivity index (χ1n) is 6.53. The molecule has 2 aromatic rings. The van der Waals surface area contributed by atoms with Crippen molar-refractivity contribution in [2.24, 2.45) is 0 Å². The minimum absolute atomic E-state index is 0.0472. The molecule has 2 N–H and O–H groups in total. The van der Waals surface area contributed by atoms with Crippen LogP contribution in [-0.2, 0) is 0 Å². The normalized spacial score (nSPS) is 12.5. The average molecular weight is 362 g/mol. The number of hydrogen-bond donors (Lipinski definition) is 2. The number of carbonyl (C=O) groups is 1. The Labute approximate surface area is 139 Å². The average Bonchev–Trinajstić information content (AvgIpc) is 2.48. The molecule has 0 saturated heterocycles. The highest BCUT2D eigenvalue weighted by Gasteiger charge is 2.39. The number of rotatable bonds is 4. The molecule has 0 radical (unpaired) electrons. The van der Waals surface area contributed by atoms with Gasteiger partial charge in [-0.2, -0.15) is 13.2 Å². The van der Waals surface area contributed by atoms with Crippen LogP contribution >= 0.6 is 11.6 Å². The minimum atomic E-state index is -4.59. The first-order valence-corrected chi connectivity index (χ1v) is 6.91. The Bertz CT molecular complexity index is 738. The molecule has 0 bridgehead atoms. The Morgan fingerprint density at radius 2 is 1.96 bits per heavy atom. The van der Waals surface area contributed by atoms with Gasteiger partial charge in [-0.1, -0.05) is 23.7 Å². The fourth-order valence-corrected chi connectivity index (χ4v) is 1.79. The Kier molecular flexibility index (Phi) is 5.13. The van der Waals surface area contributed by atoms with Crippen LogP contribution in [0.15, 0.2) is 30.5 Å². The Hall–Kier alpha value is -2.55. The number of hydrogen-bond acceptors (Lipinski definition) is 4. The van der Waals surface area contributed by atoms with Crippen LogP contribution in [0.25, 0.3) is 11.3 Å². The number of halogens is 4. The summed E-state index contributed by atoms with van der Waals surface area (Å²) in [6.45, 7) is 0.830. The van der Waals surface area contributed by atoms with E-state index in [-0.39, 0.29) is 17.4 Å². The van der Waals surface area contributed by atoms with E-state index in [9.17, 15) is 18.0 Å². The number of nitrogens with one attached hydrogen (secondary N) is 1. The van der Waals surface area contributed by atoms with Gasteiger partial charge < -0.3 is 9.84 Å². The summed E-state index contributed by atoms with van der Waals surface area (Å²) in [6, 6.07) is 6.02. The van der Waals surface area contributed by atoms with Crippen LogP contribution in [0.5, 0.6) is 5.88 Å². The minimum Gasteiger partial charge on any atom is -0.465 e. The fourth-order valence-electron chi connectivity index (χ4n) is 1.66. The number of carboxylic acid groups (broad SMARTS) is 1. The molecule has 0 aliphatic rings. The maximum Gasteiger partial charge on any atom is 0.425 e. The van der Waals surface area contributed by atoms with E-state index in [0.29, 0.717) is 10.6 Å². The van der Waals surface area contributed by atoms with Gasteiger partial charge in [0.25, 0.3) is 0 Å². The van der Waals surface area contributed by atoms with Crippen molar-refractivity contribution in [1.29, 1.82) is 0 Å². The van der Waals surface area contributed by atoms with Gasteiger partial charge in [0.1, 0.15) is 5.69 Å². The SMILES string of the molecule is C[C@H](Oc1ncc(NC(=O)O)nc1-c1ccc(Cl)cc1)C(F)(F)F. The molecule has 2 rings (SSSR count). The van der Waals surface area contributed by atoms with Crippen LogP contribution in [0, 0.1) is 0 Å². The molecular weight excluding hydrogens is 351 g/mol. The monoisotopic (exact) mass is 361 g/mol. The molecule has 0 fully saturated rings. The molecule has 6 nitrogen and oxygen atoms in total. The molecule has 1 atom stereocenters. The second kappa shape index (κ2) is 6.91. The molecule has 0 aliphatic heterocycles. The van der Waals surface area contributed by atoms with E-state index in [1.807, 2.05) is 5.32 Å². The van der Waals surface area contributed by atoms with Crippen LogP contribution in [-0.4, -0.2) is 33.4 Å². The first-order chi connectivity index (χ1) is 11.2. The lowest BCUT2D eigenvalue weighted by Gasteiger charge is -2.18. The maximum absolute atomic E-state index is 12.7. The van der Waals surface area contributed by atoms with Gasteiger partial charge in [-0.15, -0.1) is 0 Å². The molecule has 0 unspecified atom stereocenters. The van der Waals surface area contributed by atoms with E-state index in [1.54, 1.807) is 0 Å². The van der Waals surface area contributed by atoms with Crippen molar-refractivity contribution in [2.75, 3.05) is 5.32 Å². The van der Waals surface area contributed by atoms with Crippen molar-refractivity contribution >= 4 is 23.5 Å². The van der Waals surface area contributed by atoms with Crippen LogP contribution in [0.3, 0.4) is 0 Å². The predicted octanol–water partition coefficient (Wildman–Crippen LogP) is 4.22. The highest BCUT2D eigenvalue weighted by molar-refractivity contribution is 6.30. The Balaban J connectivity index is 2.45. The summed E-state index contributed by atoms with van der Waals surface area (Å²) in [4.78, 5) is 18.4. The topological polar surface area (TPSA) is 84.3 Å². The van der Waals surface area contributed by atoms with E-state index in [2.05, 4.69) is 9.97 Å². The van der Waals surface area contributed by atoms with E-state index in [0.717, 1.165) is 13.1 Å². The van der Waals surface area contributed by atoms with E-state index < -0.39 is 18.4 Å². The fraction of sp³-hybridized carbons (Fsp3) is 0.214. The molecule has 0 spiro atoms. The second-order valence-electron chi connectivity index (χ2n) is 4.65. The summed E-state index contributed by atoms with van der Waals surface area (Å²) < 4.78 is 42.9. The van der Waals surface area contributed by atoms with Crippen LogP contribution in [0.1, 0.15) is 6.92 Å². The Morgan fingerprint density at radius 1 is 1.33 bits per heavy atom. The van der Waals surface area contributed by atoms with Gasteiger partial charge in [-0.3, -0.25) is 5.32 Å². The molecule has 0 saturated carbocycles. The lowest BCUT2D eigenvalue weighted by molar-refractivity contribution is -0.189. The number of alkyl halides is 3. The summed E-state index contributed by atoms with van der Waals surface area (Å²) in [5, 5.41) is 11.1. The highest BCUT2D eigenvalue weighted by atomic mass is 35.5. The van der Waals surface area contributed by atoms with Gasteiger partial charge in [0.05, 0.1) is 6.20 Å². The maximum atomic E-state index is 12.7. The molecule has 1 heterocycles. The van der Waals surface area contributed by atoms with Crippen molar-refractivity contribution in [3.8, 4) is 17.1 Å². The van der Waals surface area contributed by atoms with Gasteiger partial charge in [0.2, 0.25) is 5.88 Å². The summed E-state index contributed by atoms with van der Waals surface area (Å²) in [5.41, 5.74) is 0.319. The zero-order chi connectivity index (χ0) is 17.9. The van der Waals surface area contributed by atoms with Crippen LogP contribution in [0.4, 0.5) is 23.8 Å². The van der Waals surface area contributed by atoms with Crippen molar-refractivity contribution in [1.82, 2.24) is 9.97 Å². The third-order valence-electron chi connectivity index (χ3n) is 2.84. The quantitative estimate of drug-likeness (QED) is 0.851. The van der Waals surface area contributed by atoms with Gasteiger partial charge in [-0.05, 0) is 19.1 Å². The zero-order valence-corrected chi connectivity index (χ0v) is 12.9. The van der Waals surface area contributed by atoms with Crippen molar-refractivity contribution in [2.45, 2.75) is 19.2 Å². The van der Waals surface area contributed by atoms with Crippen molar-refractivity contribution in [3.63, 3.8) is 0 Å². The van der Waals surface area contributed by atoms with E-state index >= 15 is 0 Å². The third kappa shape index (κ3) is 4.48. The first kappa shape index (κ1) is 17.8. The van der Waals surface area contributed by atoms with E-state index in [4.69, 9.17) is 21.4 Å². The molecule has 0 aliphatic carbocycles. The molecule has 1 amide bonds. The van der Waals surface area contributed by atoms with Gasteiger partial charge in [-0.25, -0.2) is 14.8 Å². The number of nitrogens with zero attached hydrogens (tertiary/aromatic N) is 2. The molecule has 24 heavy (non-hydrogen) atoms. The molecule has 1 aromatic carbocycles. The van der Waals surface area contributed by atoms with Crippen molar-refractivity contribution < 1.29 is 27.8 Å². The standard InChI is InChI=1S/C14H11ClF3N3O3/c1-7(14(16,17)18)24-12-11(8-2-4-9(15)5-3-8)20-10(6-19-12)21-13(22)23/h2-7H,1H3,(H,20,21)(H,22,23)/t7-/m0/s1. The largest absolute Gasteiger partial charge is 0.465 e. The lowest BCUT2D eigenvalue weighted by Crippen LogP contribution is -2.31. The number of amides is 1. The van der Waals surface area contributed by atoms with Gasteiger partial charge in [0, 0.05) is 10.6 Å². The van der Waals surface area contributed by atoms with Crippen LogP contribution < -0.4 is 10.1 Å². The molecule has 128 valence electrons. The summed E-state index contributed by atoms with van der Waals surface area (Å²) >= 11 is 5.78. The molecular formula is C14H11ClF3N3O3. The third-order valence-corrected chi connectivity index (χ3v) is 3.09. The Morgan fingerprint density at radius 3 is 2.50 bits per heavy atom. The number of ether oxygens (including phenoxy) is 1. The number of aromatic nitrogens is 2. The smallest absolute Gasteiger partial charge is 0.425 e. The number of benzene rings is 1. The predicted molar refractivity (Wildman–Crippen MR) is 80.3 cm³/mol. The number of anilines is 1. The second-order valence-corrected chi connectivity index (χ2v) is 5.08.